The minimum Gasteiger partial charge on any atom is -0.478 e. The average molecular weight is 311 g/mol. The van der Waals surface area contributed by atoms with Gasteiger partial charge in [-0.05, 0) is 30.4 Å². The Kier molecular flexibility index (Phi) is 5.34. The number of anilines is 2. The number of hydrogen-bond acceptors (Lipinski definition) is 3. The van der Waals surface area contributed by atoms with Crippen LogP contribution in [0.2, 0.25) is 5.02 Å². The standard InChI is InChI=1S/C16H23ClN2O2/c1-10-2-4-11(5-3-10)6-7-19-15-13(16(20)21)8-12(18)9-14(15)17/h8-11,19H,2-7,18H2,1H3,(H,20,21). The summed E-state index contributed by atoms with van der Waals surface area (Å²) in [5.41, 5.74) is 6.63. The number of carboxylic acids is 1. The van der Waals surface area contributed by atoms with Crippen LogP contribution < -0.4 is 11.1 Å². The van der Waals surface area contributed by atoms with E-state index in [1.807, 2.05) is 0 Å². The molecule has 0 atom stereocenters. The molecule has 1 saturated carbocycles. The monoisotopic (exact) mass is 310 g/mol. The van der Waals surface area contributed by atoms with Crippen LogP contribution in [0, 0.1) is 11.8 Å². The first kappa shape index (κ1) is 16.0. The van der Waals surface area contributed by atoms with Gasteiger partial charge in [0.2, 0.25) is 0 Å². The number of nitrogen functional groups attached to an aromatic ring is 1. The summed E-state index contributed by atoms with van der Waals surface area (Å²) >= 11 is 6.11. The number of aromatic carboxylic acids is 1. The van der Waals surface area contributed by atoms with Gasteiger partial charge in [0.15, 0.2) is 0 Å². The van der Waals surface area contributed by atoms with Gasteiger partial charge >= 0.3 is 5.97 Å². The molecule has 1 aliphatic rings. The zero-order chi connectivity index (χ0) is 15.4. The van der Waals surface area contributed by atoms with Crippen LogP contribution in [-0.2, 0) is 0 Å². The van der Waals surface area contributed by atoms with Crippen LogP contribution in [-0.4, -0.2) is 17.6 Å². The number of carbonyl (C=O) groups is 1. The predicted molar refractivity (Wildman–Crippen MR) is 87.1 cm³/mol. The molecule has 0 radical (unpaired) electrons. The lowest BCUT2D eigenvalue weighted by Crippen LogP contribution is -2.17. The van der Waals surface area contributed by atoms with E-state index in [1.54, 1.807) is 6.07 Å². The van der Waals surface area contributed by atoms with E-state index < -0.39 is 5.97 Å². The number of carboxylic acid groups (broad SMARTS) is 1. The van der Waals surface area contributed by atoms with Crippen LogP contribution in [0.4, 0.5) is 11.4 Å². The number of benzene rings is 1. The molecule has 0 heterocycles. The maximum atomic E-state index is 11.3. The van der Waals surface area contributed by atoms with E-state index in [1.165, 1.54) is 31.7 Å². The topological polar surface area (TPSA) is 75.3 Å². The second kappa shape index (κ2) is 7.03. The number of halogens is 1. The second-order valence-corrected chi connectivity index (χ2v) is 6.48. The molecule has 0 saturated heterocycles. The lowest BCUT2D eigenvalue weighted by atomic mass is 9.81. The summed E-state index contributed by atoms with van der Waals surface area (Å²) in [4.78, 5) is 11.3. The van der Waals surface area contributed by atoms with Crippen molar-refractivity contribution in [2.24, 2.45) is 11.8 Å². The fourth-order valence-corrected chi connectivity index (χ4v) is 3.29. The molecule has 0 bridgehead atoms. The largest absolute Gasteiger partial charge is 0.478 e. The van der Waals surface area contributed by atoms with Crippen molar-refractivity contribution >= 4 is 28.9 Å². The van der Waals surface area contributed by atoms with Crippen LogP contribution in [0.15, 0.2) is 12.1 Å². The highest BCUT2D eigenvalue weighted by atomic mass is 35.5. The molecule has 0 aromatic heterocycles. The molecule has 116 valence electrons. The van der Waals surface area contributed by atoms with Crippen molar-refractivity contribution < 1.29 is 9.90 Å². The van der Waals surface area contributed by atoms with Crippen LogP contribution in [0.25, 0.3) is 0 Å². The molecule has 1 aromatic rings. The molecule has 0 aliphatic heterocycles. The van der Waals surface area contributed by atoms with Gasteiger partial charge in [0.05, 0.1) is 16.3 Å². The Hall–Kier alpha value is -1.42. The quantitative estimate of drug-likeness (QED) is 0.711. The van der Waals surface area contributed by atoms with Crippen molar-refractivity contribution in [2.45, 2.75) is 39.0 Å². The van der Waals surface area contributed by atoms with Crippen molar-refractivity contribution in [1.29, 1.82) is 0 Å². The number of nitrogens with one attached hydrogen (secondary N) is 1. The van der Waals surface area contributed by atoms with E-state index >= 15 is 0 Å². The summed E-state index contributed by atoms with van der Waals surface area (Å²) in [7, 11) is 0. The highest BCUT2D eigenvalue weighted by Crippen LogP contribution is 2.32. The highest BCUT2D eigenvalue weighted by Gasteiger charge is 2.19. The Morgan fingerprint density at radius 2 is 2.05 bits per heavy atom. The summed E-state index contributed by atoms with van der Waals surface area (Å²) < 4.78 is 0. The third-order valence-electron chi connectivity index (χ3n) is 4.33. The molecular formula is C16H23ClN2O2. The minimum atomic E-state index is -1.02. The van der Waals surface area contributed by atoms with E-state index in [2.05, 4.69) is 12.2 Å². The Morgan fingerprint density at radius 1 is 1.38 bits per heavy atom. The summed E-state index contributed by atoms with van der Waals surface area (Å²) in [6.07, 6.45) is 6.18. The summed E-state index contributed by atoms with van der Waals surface area (Å²) in [5, 5.41) is 12.8. The first-order chi connectivity index (χ1) is 9.97. The van der Waals surface area contributed by atoms with E-state index in [0.717, 1.165) is 24.8 Å². The Labute approximate surface area is 130 Å². The first-order valence-electron chi connectivity index (χ1n) is 7.53. The fourth-order valence-electron chi connectivity index (χ4n) is 3.00. The highest BCUT2D eigenvalue weighted by molar-refractivity contribution is 6.34. The number of rotatable bonds is 5. The van der Waals surface area contributed by atoms with Gasteiger partial charge in [0, 0.05) is 12.2 Å². The molecular weight excluding hydrogens is 288 g/mol. The van der Waals surface area contributed by atoms with Gasteiger partial charge in [0.1, 0.15) is 0 Å². The first-order valence-corrected chi connectivity index (χ1v) is 7.91. The lowest BCUT2D eigenvalue weighted by molar-refractivity contribution is 0.0698. The number of hydrogen-bond donors (Lipinski definition) is 3. The summed E-state index contributed by atoms with van der Waals surface area (Å²) in [5.74, 6) is 0.562. The molecule has 0 spiro atoms. The normalized spacial score (nSPS) is 22.0. The zero-order valence-electron chi connectivity index (χ0n) is 12.4. The molecule has 5 heteroatoms. The van der Waals surface area contributed by atoms with Crippen molar-refractivity contribution in [3.63, 3.8) is 0 Å². The van der Waals surface area contributed by atoms with E-state index in [0.29, 0.717) is 16.4 Å². The third-order valence-corrected chi connectivity index (χ3v) is 4.63. The Balaban J connectivity index is 1.95. The molecule has 21 heavy (non-hydrogen) atoms. The van der Waals surface area contributed by atoms with Gasteiger partial charge < -0.3 is 16.2 Å². The molecule has 1 aromatic carbocycles. The van der Waals surface area contributed by atoms with Crippen molar-refractivity contribution in [1.82, 2.24) is 0 Å². The van der Waals surface area contributed by atoms with Crippen molar-refractivity contribution in [3.8, 4) is 0 Å². The third kappa shape index (κ3) is 4.27. The van der Waals surface area contributed by atoms with E-state index in [-0.39, 0.29) is 5.56 Å². The Bertz CT molecular complexity index is 511. The SMILES string of the molecule is CC1CCC(CCNc2c(Cl)cc(N)cc2C(=O)O)CC1. The second-order valence-electron chi connectivity index (χ2n) is 6.07. The van der Waals surface area contributed by atoms with Gasteiger partial charge in [-0.1, -0.05) is 44.2 Å². The summed E-state index contributed by atoms with van der Waals surface area (Å²) in [6, 6.07) is 3.03. The average Bonchev–Trinajstić information content (AvgIpc) is 2.42. The molecule has 4 nitrogen and oxygen atoms in total. The van der Waals surface area contributed by atoms with Gasteiger partial charge in [-0.25, -0.2) is 4.79 Å². The predicted octanol–water partition coefficient (Wildman–Crippen LogP) is 4.25. The van der Waals surface area contributed by atoms with E-state index in [9.17, 15) is 9.90 Å². The maximum Gasteiger partial charge on any atom is 0.337 e. The van der Waals surface area contributed by atoms with Crippen molar-refractivity contribution in [2.75, 3.05) is 17.6 Å². The molecule has 0 amide bonds. The van der Waals surface area contributed by atoms with Crippen LogP contribution >= 0.6 is 11.6 Å². The fraction of sp³-hybridized carbons (Fsp3) is 0.562. The molecule has 2 rings (SSSR count). The molecule has 1 fully saturated rings. The zero-order valence-corrected chi connectivity index (χ0v) is 13.1. The molecule has 0 unspecified atom stereocenters. The Morgan fingerprint density at radius 3 is 2.67 bits per heavy atom. The number of nitrogens with two attached hydrogens (primary N) is 1. The van der Waals surface area contributed by atoms with Gasteiger partial charge in [0.25, 0.3) is 0 Å². The van der Waals surface area contributed by atoms with Gasteiger partial charge in [-0.3, -0.25) is 0 Å². The van der Waals surface area contributed by atoms with Crippen molar-refractivity contribution in [3.05, 3.63) is 22.7 Å². The lowest BCUT2D eigenvalue weighted by Gasteiger charge is -2.26. The van der Waals surface area contributed by atoms with E-state index in [4.69, 9.17) is 17.3 Å². The maximum absolute atomic E-state index is 11.3. The van der Waals surface area contributed by atoms with Crippen LogP contribution in [0.1, 0.15) is 49.4 Å². The van der Waals surface area contributed by atoms with Crippen LogP contribution in [0.3, 0.4) is 0 Å². The van der Waals surface area contributed by atoms with Gasteiger partial charge in [-0.15, -0.1) is 0 Å². The minimum absolute atomic E-state index is 0.136. The molecule has 4 N–H and O–H groups in total. The van der Waals surface area contributed by atoms with Crippen LogP contribution in [0.5, 0.6) is 0 Å². The molecule has 1 aliphatic carbocycles. The van der Waals surface area contributed by atoms with Gasteiger partial charge in [-0.2, -0.15) is 0 Å². The summed E-state index contributed by atoms with van der Waals surface area (Å²) in [6.45, 7) is 3.05. The smallest absolute Gasteiger partial charge is 0.337 e.